The molecule has 0 N–H and O–H groups in total. The number of esters is 1. The number of benzene rings is 1. The van der Waals surface area contributed by atoms with E-state index in [1.54, 1.807) is 29.2 Å². The Hall–Kier alpha value is -2.24. The average Bonchev–Trinajstić information content (AvgIpc) is 2.93. The van der Waals surface area contributed by atoms with Gasteiger partial charge in [-0.2, -0.15) is 0 Å². The molecule has 1 aromatic carbocycles. The van der Waals surface area contributed by atoms with Gasteiger partial charge in [0.25, 0.3) is 0 Å². The molecule has 0 radical (unpaired) electrons. The van der Waals surface area contributed by atoms with Crippen LogP contribution in [0.2, 0.25) is 0 Å². The molecule has 1 saturated heterocycles. The topological polar surface area (TPSA) is 65.1 Å². The summed E-state index contributed by atoms with van der Waals surface area (Å²) in [6.07, 6.45) is 0.282. The molecular weight excluding hydrogens is 298 g/mol. The summed E-state index contributed by atoms with van der Waals surface area (Å²) >= 11 is 0. The molecule has 0 aromatic heterocycles. The van der Waals surface area contributed by atoms with Gasteiger partial charge >= 0.3 is 12.1 Å². The first kappa shape index (κ1) is 17.1. The highest BCUT2D eigenvalue weighted by atomic mass is 16.6. The molecule has 1 heterocycles. The second-order valence-corrected chi connectivity index (χ2v) is 6.47. The van der Waals surface area contributed by atoms with E-state index in [4.69, 9.17) is 14.2 Å². The van der Waals surface area contributed by atoms with Crippen LogP contribution in [0.25, 0.3) is 0 Å². The van der Waals surface area contributed by atoms with E-state index in [0.717, 1.165) is 6.42 Å². The number of carbonyl (C=O) groups excluding carboxylic acids is 2. The van der Waals surface area contributed by atoms with Gasteiger partial charge in [0, 0.05) is 13.0 Å². The molecule has 1 aromatic rings. The first-order valence-electron chi connectivity index (χ1n) is 7.61. The number of amides is 1. The number of nitrogens with zero attached hydrogens (tertiary/aromatic N) is 1. The van der Waals surface area contributed by atoms with Gasteiger partial charge in [-0.1, -0.05) is 6.07 Å². The fraction of sp³-hybridized carbons (Fsp3) is 0.529. The lowest BCUT2D eigenvalue weighted by molar-refractivity contribution is 0.0275. The third-order valence-electron chi connectivity index (χ3n) is 3.35. The third kappa shape index (κ3) is 4.87. The second kappa shape index (κ2) is 6.89. The standard InChI is InChI=1S/C17H23NO5/c1-17(2,3)23-16(20)18-9-8-14(11-18)22-13-7-5-6-12(10-13)15(19)21-4/h5-7,10,14H,8-9,11H2,1-4H3/t14-/m0/s1. The van der Waals surface area contributed by atoms with Crippen LogP contribution in [0.4, 0.5) is 4.79 Å². The summed E-state index contributed by atoms with van der Waals surface area (Å²) in [5.74, 6) is 0.182. The molecule has 0 unspecified atom stereocenters. The molecule has 2 rings (SSSR count). The van der Waals surface area contributed by atoms with Crippen molar-refractivity contribution in [1.29, 1.82) is 0 Å². The number of rotatable bonds is 3. The van der Waals surface area contributed by atoms with Crippen LogP contribution in [-0.4, -0.2) is 48.9 Å². The minimum atomic E-state index is -0.509. The molecule has 1 atom stereocenters. The Morgan fingerprint density at radius 1 is 1.26 bits per heavy atom. The summed E-state index contributed by atoms with van der Waals surface area (Å²) in [4.78, 5) is 25.2. The van der Waals surface area contributed by atoms with Crippen LogP contribution in [0.15, 0.2) is 24.3 Å². The van der Waals surface area contributed by atoms with Gasteiger partial charge in [0.2, 0.25) is 0 Å². The molecule has 0 aliphatic carbocycles. The van der Waals surface area contributed by atoms with Crippen molar-refractivity contribution in [1.82, 2.24) is 4.90 Å². The Bertz CT molecular complexity index is 579. The van der Waals surface area contributed by atoms with E-state index >= 15 is 0 Å². The van der Waals surface area contributed by atoms with Crippen molar-refractivity contribution in [2.45, 2.75) is 38.9 Å². The van der Waals surface area contributed by atoms with Crippen LogP contribution in [0.3, 0.4) is 0 Å². The number of likely N-dealkylation sites (tertiary alicyclic amines) is 1. The lowest BCUT2D eigenvalue weighted by atomic mass is 10.2. The van der Waals surface area contributed by atoms with Gasteiger partial charge in [0.05, 0.1) is 19.2 Å². The zero-order valence-electron chi connectivity index (χ0n) is 14.0. The highest BCUT2D eigenvalue weighted by Crippen LogP contribution is 2.21. The Morgan fingerprint density at radius 3 is 2.65 bits per heavy atom. The SMILES string of the molecule is COC(=O)c1cccc(O[C@H]2CCN(C(=O)OC(C)(C)C)C2)c1. The molecule has 126 valence electrons. The number of hydrogen-bond donors (Lipinski definition) is 0. The Labute approximate surface area is 136 Å². The van der Waals surface area contributed by atoms with Crippen LogP contribution in [0.5, 0.6) is 5.75 Å². The number of carbonyl (C=O) groups is 2. The Morgan fingerprint density at radius 2 is 2.00 bits per heavy atom. The highest BCUT2D eigenvalue weighted by molar-refractivity contribution is 5.89. The monoisotopic (exact) mass is 321 g/mol. The summed E-state index contributed by atoms with van der Waals surface area (Å²) in [5.41, 5.74) is -0.0720. The van der Waals surface area contributed by atoms with Gasteiger partial charge in [0.1, 0.15) is 17.5 Å². The van der Waals surface area contributed by atoms with Crippen molar-refractivity contribution >= 4 is 12.1 Å². The predicted octanol–water partition coefficient (Wildman–Crippen LogP) is 2.86. The molecule has 1 fully saturated rings. The van der Waals surface area contributed by atoms with Gasteiger partial charge in [-0.3, -0.25) is 0 Å². The molecule has 0 spiro atoms. The van der Waals surface area contributed by atoms with Gasteiger partial charge in [-0.25, -0.2) is 9.59 Å². The smallest absolute Gasteiger partial charge is 0.410 e. The average molecular weight is 321 g/mol. The van der Waals surface area contributed by atoms with E-state index in [9.17, 15) is 9.59 Å². The van der Waals surface area contributed by atoms with Crippen molar-refractivity contribution in [2.24, 2.45) is 0 Å². The summed E-state index contributed by atoms with van der Waals surface area (Å²) in [5, 5.41) is 0. The van der Waals surface area contributed by atoms with E-state index in [1.807, 2.05) is 20.8 Å². The zero-order valence-corrected chi connectivity index (χ0v) is 14.0. The molecule has 0 bridgehead atoms. The van der Waals surface area contributed by atoms with E-state index < -0.39 is 11.6 Å². The molecular formula is C17H23NO5. The van der Waals surface area contributed by atoms with Crippen LogP contribution < -0.4 is 4.74 Å². The van der Waals surface area contributed by atoms with E-state index in [-0.39, 0.29) is 12.2 Å². The van der Waals surface area contributed by atoms with Crippen LogP contribution in [0, 0.1) is 0 Å². The quantitative estimate of drug-likeness (QED) is 0.801. The first-order chi connectivity index (χ1) is 10.8. The van der Waals surface area contributed by atoms with Gasteiger partial charge in [-0.05, 0) is 39.0 Å². The zero-order chi connectivity index (χ0) is 17.0. The minimum Gasteiger partial charge on any atom is -0.488 e. The van der Waals surface area contributed by atoms with Crippen LogP contribution in [0.1, 0.15) is 37.6 Å². The molecule has 1 amide bonds. The van der Waals surface area contributed by atoms with E-state index in [0.29, 0.717) is 24.4 Å². The van der Waals surface area contributed by atoms with Gasteiger partial charge in [-0.15, -0.1) is 0 Å². The third-order valence-corrected chi connectivity index (χ3v) is 3.35. The Balaban J connectivity index is 1.93. The minimum absolute atomic E-state index is 0.115. The summed E-state index contributed by atoms with van der Waals surface area (Å²) in [6.45, 7) is 6.58. The summed E-state index contributed by atoms with van der Waals surface area (Å²) in [7, 11) is 1.34. The molecule has 6 heteroatoms. The first-order valence-corrected chi connectivity index (χ1v) is 7.61. The number of ether oxygens (including phenoxy) is 3. The molecule has 1 aliphatic rings. The second-order valence-electron chi connectivity index (χ2n) is 6.47. The fourth-order valence-corrected chi connectivity index (χ4v) is 2.32. The Kier molecular flexibility index (Phi) is 5.13. The summed E-state index contributed by atoms with van der Waals surface area (Å²) in [6, 6.07) is 6.83. The van der Waals surface area contributed by atoms with E-state index in [2.05, 4.69) is 0 Å². The maximum absolute atomic E-state index is 12.0. The fourth-order valence-electron chi connectivity index (χ4n) is 2.32. The predicted molar refractivity (Wildman–Crippen MR) is 84.6 cm³/mol. The maximum atomic E-state index is 12.0. The number of methoxy groups -OCH3 is 1. The molecule has 23 heavy (non-hydrogen) atoms. The van der Waals surface area contributed by atoms with Crippen molar-refractivity contribution in [3.63, 3.8) is 0 Å². The van der Waals surface area contributed by atoms with Crippen LogP contribution >= 0.6 is 0 Å². The van der Waals surface area contributed by atoms with Crippen molar-refractivity contribution in [2.75, 3.05) is 20.2 Å². The molecule has 1 aliphatic heterocycles. The molecule has 6 nitrogen and oxygen atoms in total. The van der Waals surface area contributed by atoms with Crippen LogP contribution in [-0.2, 0) is 9.47 Å². The van der Waals surface area contributed by atoms with E-state index in [1.165, 1.54) is 7.11 Å². The molecule has 0 saturated carbocycles. The van der Waals surface area contributed by atoms with Gasteiger partial charge in [0.15, 0.2) is 0 Å². The number of hydrogen-bond acceptors (Lipinski definition) is 5. The highest BCUT2D eigenvalue weighted by Gasteiger charge is 2.30. The van der Waals surface area contributed by atoms with Crippen molar-refractivity contribution in [3.05, 3.63) is 29.8 Å². The largest absolute Gasteiger partial charge is 0.488 e. The van der Waals surface area contributed by atoms with Gasteiger partial charge < -0.3 is 19.1 Å². The summed E-state index contributed by atoms with van der Waals surface area (Å²) < 4.78 is 15.9. The van der Waals surface area contributed by atoms with Crippen molar-refractivity contribution < 1.29 is 23.8 Å². The van der Waals surface area contributed by atoms with Crippen molar-refractivity contribution in [3.8, 4) is 5.75 Å². The normalized spacial score (nSPS) is 17.7. The lowest BCUT2D eigenvalue weighted by Crippen LogP contribution is -2.36. The lowest BCUT2D eigenvalue weighted by Gasteiger charge is -2.24. The maximum Gasteiger partial charge on any atom is 0.410 e.